The normalized spacial score (nSPS) is 10.8. The molecule has 0 bridgehead atoms. The first-order valence-corrected chi connectivity index (χ1v) is 7.18. The molecule has 1 aromatic carbocycles. The molecule has 0 amide bonds. The van der Waals surface area contributed by atoms with Gasteiger partial charge in [0.1, 0.15) is 5.75 Å². The third-order valence-electron chi connectivity index (χ3n) is 2.00. The highest BCUT2D eigenvalue weighted by molar-refractivity contribution is 14.1. The molecule has 0 saturated carbocycles. The number of thioether (sulfide) groups is 1. The third-order valence-corrected chi connectivity index (χ3v) is 5.28. The van der Waals surface area contributed by atoms with Crippen molar-refractivity contribution in [3.05, 3.63) is 21.8 Å². The first-order chi connectivity index (χ1) is 6.76. The van der Waals surface area contributed by atoms with E-state index in [4.69, 9.17) is 4.74 Å². The lowest BCUT2D eigenvalue weighted by atomic mass is 10.2. The fraction of sp³-hybridized carbons (Fsp3) is 0.200. The number of hydrogen-bond donors (Lipinski definition) is 0. The van der Waals surface area contributed by atoms with Gasteiger partial charge in [0, 0.05) is 10.1 Å². The lowest BCUT2D eigenvalue weighted by molar-refractivity contribution is 0.412. The van der Waals surface area contributed by atoms with Gasteiger partial charge in [-0.15, -0.1) is 23.1 Å². The van der Waals surface area contributed by atoms with Crippen molar-refractivity contribution in [3.8, 4) is 5.75 Å². The smallest absolute Gasteiger partial charge is 0.132 e. The van der Waals surface area contributed by atoms with Gasteiger partial charge in [0.15, 0.2) is 0 Å². The number of rotatable bonds is 2. The van der Waals surface area contributed by atoms with Crippen molar-refractivity contribution in [1.29, 1.82) is 0 Å². The molecule has 1 nitrogen and oxygen atoms in total. The summed E-state index contributed by atoms with van der Waals surface area (Å²) in [4.78, 5) is 0. The van der Waals surface area contributed by atoms with Crippen LogP contribution < -0.4 is 4.74 Å². The molecule has 0 atom stereocenters. The molecule has 1 heterocycles. The van der Waals surface area contributed by atoms with E-state index in [0.717, 1.165) is 5.75 Å². The zero-order chi connectivity index (χ0) is 10.1. The Balaban J connectivity index is 2.68. The van der Waals surface area contributed by atoms with E-state index in [2.05, 4.69) is 41.0 Å². The van der Waals surface area contributed by atoms with Crippen molar-refractivity contribution in [3.63, 3.8) is 0 Å². The molecule has 2 aromatic rings. The summed E-state index contributed by atoms with van der Waals surface area (Å²) < 4.78 is 9.18. The van der Waals surface area contributed by atoms with Gasteiger partial charge < -0.3 is 4.74 Å². The van der Waals surface area contributed by atoms with Crippen LogP contribution in [-0.2, 0) is 0 Å². The van der Waals surface area contributed by atoms with E-state index in [0.29, 0.717) is 0 Å². The number of thiophene rings is 1. The first-order valence-electron chi connectivity index (χ1n) is 4.06. The third kappa shape index (κ3) is 1.75. The number of methoxy groups -OCH3 is 1. The summed E-state index contributed by atoms with van der Waals surface area (Å²) in [5, 5.41) is 1.30. The van der Waals surface area contributed by atoms with Gasteiger partial charge in [0.25, 0.3) is 0 Å². The second kappa shape index (κ2) is 4.28. The van der Waals surface area contributed by atoms with Gasteiger partial charge >= 0.3 is 0 Å². The highest BCUT2D eigenvalue weighted by Gasteiger charge is 2.08. The monoisotopic (exact) mass is 336 g/mol. The van der Waals surface area contributed by atoms with Crippen LogP contribution in [0.25, 0.3) is 10.1 Å². The van der Waals surface area contributed by atoms with Gasteiger partial charge in [-0.3, -0.25) is 0 Å². The maximum atomic E-state index is 5.29. The van der Waals surface area contributed by atoms with Gasteiger partial charge in [-0.2, -0.15) is 0 Å². The van der Waals surface area contributed by atoms with Crippen molar-refractivity contribution >= 4 is 55.8 Å². The molecule has 2 rings (SSSR count). The number of hydrogen-bond acceptors (Lipinski definition) is 3. The van der Waals surface area contributed by atoms with Crippen LogP contribution in [0.15, 0.2) is 22.4 Å². The Labute approximate surface area is 105 Å². The summed E-state index contributed by atoms with van der Waals surface area (Å²) in [7, 11) is 1.71. The molecule has 0 aliphatic rings. The molecule has 0 aliphatic heterocycles. The molecule has 0 saturated heterocycles. The van der Waals surface area contributed by atoms with Crippen LogP contribution >= 0.6 is 45.7 Å². The maximum Gasteiger partial charge on any atom is 0.132 e. The minimum atomic E-state index is 0.962. The quantitative estimate of drug-likeness (QED) is 0.599. The molecule has 1 aromatic heterocycles. The summed E-state index contributed by atoms with van der Waals surface area (Å²) >= 11 is 5.97. The van der Waals surface area contributed by atoms with Crippen LogP contribution in [0.1, 0.15) is 0 Å². The van der Waals surface area contributed by atoms with Crippen molar-refractivity contribution in [2.45, 2.75) is 4.21 Å². The zero-order valence-electron chi connectivity index (χ0n) is 7.83. The lowest BCUT2D eigenvalue weighted by Gasteiger charge is -2.02. The topological polar surface area (TPSA) is 9.23 Å². The molecular formula is C10H9IOS2. The molecular weight excluding hydrogens is 327 g/mol. The number of halogens is 1. The van der Waals surface area contributed by atoms with Gasteiger partial charge in [-0.05, 0) is 47.0 Å². The Morgan fingerprint density at radius 2 is 2.21 bits per heavy atom. The van der Waals surface area contributed by atoms with E-state index in [1.54, 1.807) is 18.9 Å². The van der Waals surface area contributed by atoms with Crippen LogP contribution in [0.2, 0.25) is 0 Å². The van der Waals surface area contributed by atoms with Gasteiger partial charge in [0.2, 0.25) is 0 Å². The second-order valence-electron chi connectivity index (χ2n) is 2.76. The molecule has 4 heteroatoms. The summed E-state index contributed by atoms with van der Waals surface area (Å²) in [5.41, 5.74) is 0. The molecule has 14 heavy (non-hydrogen) atoms. The summed E-state index contributed by atoms with van der Waals surface area (Å²) in [6, 6.07) is 6.39. The highest BCUT2D eigenvalue weighted by atomic mass is 127. The van der Waals surface area contributed by atoms with E-state index in [-0.39, 0.29) is 0 Å². The Kier molecular flexibility index (Phi) is 3.23. The van der Waals surface area contributed by atoms with Crippen LogP contribution in [0.4, 0.5) is 0 Å². The summed E-state index contributed by atoms with van der Waals surface area (Å²) in [6.07, 6.45) is 2.11. The predicted octanol–water partition coefficient (Wildman–Crippen LogP) is 4.24. The van der Waals surface area contributed by atoms with Gasteiger partial charge in [-0.25, -0.2) is 0 Å². The molecule has 0 spiro atoms. The highest BCUT2D eigenvalue weighted by Crippen LogP contribution is 2.37. The van der Waals surface area contributed by atoms with E-state index >= 15 is 0 Å². The van der Waals surface area contributed by atoms with Crippen molar-refractivity contribution in [2.24, 2.45) is 0 Å². The fourth-order valence-corrected chi connectivity index (χ4v) is 3.96. The molecule has 0 radical (unpaired) electrons. The molecule has 0 N–H and O–H groups in total. The Morgan fingerprint density at radius 3 is 2.86 bits per heavy atom. The average Bonchev–Trinajstić information content (AvgIpc) is 2.62. The number of benzene rings is 1. The van der Waals surface area contributed by atoms with Gasteiger partial charge in [-0.1, -0.05) is 0 Å². The SMILES string of the molecule is COc1ccc2sc(SC)cc2c1I. The van der Waals surface area contributed by atoms with Crippen LogP contribution in [0.3, 0.4) is 0 Å². The standard InChI is InChI=1S/C10H9IOS2/c1-12-7-3-4-8-6(10(7)11)5-9(13-2)14-8/h3-5H,1-2H3. The van der Waals surface area contributed by atoms with Crippen molar-refractivity contribution in [2.75, 3.05) is 13.4 Å². The molecule has 0 unspecified atom stereocenters. The molecule has 0 aliphatic carbocycles. The summed E-state index contributed by atoms with van der Waals surface area (Å²) in [6.45, 7) is 0. The van der Waals surface area contributed by atoms with Crippen molar-refractivity contribution < 1.29 is 4.74 Å². The Hall–Kier alpha value is 0.0600. The average molecular weight is 336 g/mol. The first kappa shape index (κ1) is 10.6. The fourth-order valence-electron chi connectivity index (χ4n) is 1.29. The Bertz CT molecular complexity index is 464. The molecule has 0 fully saturated rings. The van der Waals surface area contributed by atoms with E-state index in [1.807, 2.05) is 17.4 Å². The lowest BCUT2D eigenvalue weighted by Crippen LogP contribution is -1.85. The molecule has 74 valence electrons. The van der Waals surface area contributed by atoms with Crippen molar-refractivity contribution in [1.82, 2.24) is 0 Å². The number of ether oxygens (including phenoxy) is 1. The van der Waals surface area contributed by atoms with Gasteiger partial charge in [0.05, 0.1) is 14.9 Å². The van der Waals surface area contributed by atoms with Crippen LogP contribution in [0, 0.1) is 3.57 Å². The van der Waals surface area contributed by atoms with Crippen LogP contribution in [-0.4, -0.2) is 13.4 Å². The largest absolute Gasteiger partial charge is 0.496 e. The maximum absolute atomic E-state index is 5.29. The zero-order valence-corrected chi connectivity index (χ0v) is 11.6. The Morgan fingerprint density at radius 1 is 1.43 bits per heavy atom. The number of fused-ring (bicyclic) bond motifs is 1. The van der Waals surface area contributed by atoms with E-state index < -0.39 is 0 Å². The summed E-state index contributed by atoms with van der Waals surface area (Å²) in [5.74, 6) is 0.962. The minimum Gasteiger partial charge on any atom is -0.496 e. The minimum absolute atomic E-state index is 0.962. The van der Waals surface area contributed by atoms with E-state index in [1.165, 1.54) is 17.9 Å². The second-order valence-corrected chi connectivity index (χ2v) is 6.03. The predicted molar refractivity (Wildman–Crippen MR) is 72.9 cm³/mol. The van der Waals surface area contributed by atoms with Crippen LogP contribution in [0.5, 0.6) is 5.75 Å². The van der Waals surface area contributed by atoms with E-state index in [9.17, 15) is 0 Å².